The van der Waals surface area contributed by atoms with Gasteiger partial charge in [-0.25, -0.2) is 4.39 Å². The van der Waals surface area contributed by atoms with Crippen molar-refractivity contribution in [2.75, 3.05) is 0 Å². The molecule has 0 heterocycles. The van der Waals surface area contributed by atoms with Crippen LogP contribution in [0.25, 0.3) is 0 Å². The van der Waals surface area contributed by atoms with Gasteiger partial charge >= 0.3 is 0 Å². The highest BCUT2D eigenvalue weighted by Crippen LogP contribution is 2.65. The van der Waals surface area contributed by atoms with Gasteiger partial charge in [-0.3, -0.25) is 0 Å². The van der Waals surface area contributed by atoms with Crippen LogP contribution in [-0.2, 0) is 0 Å². The van der Waals surface area contributed by atoms with Crippen molar-refractivity contribution in [3.63, 3.8) is 0 Å². The molecule has 0 spiro atoms. The topological polar surface area (TPSA) is 0 Å². The molecule has 0 saturated heterocycles. The Bertz CT molecular complexity index is 351. The standard InChI is InChI=1S/C19H35F.C2H6/c1-8-11-12-16-15(9-2)19(16,7)14-18(6,20)13-17(4,5)10-3;1-2/h9,16H,8,10-14H2,1-7H3;1-2H3/b15-9+;. The Kier molecular flexibility index (Phi) is 8.37. The summed E-state index contributed by atoms with van der Waals surface area (Å²) in [7, 11) is 0. The summed E-state index contributed by atoms with van der Waals surface area (Å²) >= 11 is 0. The first-order valence-corrected chi connectivity index (χ1v) is 9.47. The number of halogens is 1. The van der Waals surface area contributed by atoms with E-state index in [2.05, 4.69) is 47.6 Å². The second-order valence-electron chi connectivity index (χ2n) is 8.14. The Labute approximate surface area is 140 Å². The normalized spacial score (nSPS) is 28.8. The van der Waals surface area contributed by atoms with Gasteiger partial charge in [0.25, 0.3) is 0 Å². The SMILES string of the molecule is C/C=C1\C(CCCC)C1(C)CC(C)(F)CC(C)(C)CC.CC. The minimum atomic E-state index is -1.05. The molecule has 0 nitrogen and oxygen atoms in total. The van der Waals surface area contributed by atoms with E-state index in [-0.39, 0.29) is 10.8 Å². The molecule has 0 radical (unpaired) electrons. The lowest BCUT2D eigenvalue weighted by atomic mass is 9.76. The van der Waals surface area contributed by atoms with Crippen molar-refractivity contribution in [2.24, 2.45) is 16.7 Å². The Morgan fingerprint density at radius 1 is 1.18 bits per heavy atom. The molecule has 0 aromatic rings. The quantitative estimate of drug-likeness (QED) is 0.402. The van der Waals surface area contributed by atoms with Crippen molar-refractivity contribution in [1.82, 2.24) is 0 Å². The van der Waals surface area contributed by atoms with Gasteiger partial charge in [0.05, 0.1) is 0 Å². The van der Waals surface area contributed by atoms with Crippen LogP contribution < -0.4 is 0 Å². The molecule has 0 N–H and O–H groups in total. The zero-order chi connectivity index (χ0) is 17.6. The zero-order valence-electron chi connectivity index (χ0n) is 16.8. The first-order valence-electron chi connectivity index (χ1n) is 9.47. The average molecular weight is 313 g/mol. The molecule has 22 heavy (non-hydrogen) atoms. The molecule has 0 aromatic carbocycles. The van der Waals surface area contributed by atoms with Gasteiger partial charge in [0.15, 0.2) is 0 Å². The molecule has 1 fully saturated rings. The Morgan fingerprint density at radius 3 is 2.14 bits per heavy atom. The van der Waals surface area contributed by atoms with Gasteiger partial charge in [0.1, 0.15) is 5.67 Å². The van der Waals surface area contributed by atoms with E-state index in [1.165, 1.54) is 24.8 Å². The Morgan fingerprint density at radius 2 is 1.73 bits per heavy atom. The molecule has 3 unspecified atom stereocenters. The van der Waals surface area contributed by atoms with Crippen LogP contribution in [0.1, 0.15) is 101 Å². The van der Waals surface area contributed by atoms with Crippen molar-refractivity contribution >= 4 is 0 Å². The summed E-state index contributed by atoms with van der Waals surface area (Å²) in [5, 5.41) is 0. The van der Waals surface area contributed by atoms with Crippen molar-refractivity contribution in [2.45, 2.75) is 107 Å². The van der Waals surface area contributed by atoms with Crippen molar-refractivity contribution < 1.29 is 4.39 Å². The highest BCUT2D eigenvalue weighted by atomic mass is 19.1. The van der Waals surface area contributed by atoms with Crippen molar-refractivity contribution in [3.05, 3.63) is 11.6 Å². The second-order valence-corrected chi connectivity index (χ2v) is 8.14. The van der Waals surface area contributed by atoms with Gasteiger partial charge < -0.3 is 0 Å². The van der Waals surface area contributed by atoms with Gasteiger partial charge in [0.2, 0.25) is 0 Å². The predicted octanol–water partition coefficient (Wildman–Crippen LogP) is 7.73. The third kappa shape index (κ3) is 5.70. The fourth-order valence-corrected chi connectivity index (χ4v) is 4.19. The van der Waals surface area contributed by atoms with Crippen LogP contribution in [0.5, 0.6) is 0 Å². The fraction of sp³-hybridized carbons (Fsp3) is 0.905. The molecular weight excluding hydrogens is 271 g/mol. The Hall–Kier alpha value is -0.330. The molecular formula is C21H41F. The largest absolute Gasteiger partial charge is 0.244 e. The summed E-state index contributed by atoms with van der Waals surface area (Å²) in [6, 6.07) is 0. The lowest BCUT2D eigenvalue weighted by molar-refractivity contribution is 0.0758. The predicted molar refractivity (Wildman–Crippen MR) is 99.0 cm³/mol. The van der Waals surface area contributed by atoms with E-state index in [0.717, 1.165) is 6.42 Å². The molecule has 0 amide bonds. The maximum absolute atomic E-state index is 15.1. The lowest BCUT2D eigenvalue weighted by Gasteiger charge is -2.33. The highest BCUT2D eigenvalue weighted by molar-refractivity contribution is 5.37. The van der Waals surface area contributed by atoms with E-state index in [4.69, 9.17) is 0 Å². The minimum absolute atomic E-state index is 0.101. The summed E-state index contributed by atoms with van der Waals surface area (Å²) in [5.74, 6) is 0.632. The maximum atomic E-state index is 15.1. The van der Waals surface area contributed by atoms with Gasteiger partial charge in [0, 0.05) is 0 Å². The molecule has 132 valence electrons. The number of rotatable bonds is 8. The van der Waals surface area contributed by atoms with Gasteiger partial charge in [-0.05, 0) is 49.9 Å². The third-order valence-corrected chi connectivity index (χ3v) is 5.42. The fourth-order valence-electron chi connectivity index (χ4n) is 4.19. The molecule has 1 heteroatoms. The van der Waals surface area contributed by atoms with Gasteiger partial charge in [-0.2, -0.15) is 0 Å². The summed E-state index contributed by atoms with van der Waals surface area (Å²) < 4.78 is 15.1. The van der Waals surface area contributed by atoms with E-state index in [1.54, 1.807) is 0 Å². The lowest BCUT2D eigenvalue weighted by Crippen LogP contribution is -2.30. The van der Waals surface area contributed by atoms with E-state index < -0.39 is 5.67 Å². The monoisotopic (exact) mass is 312 g/mol. The first kappa shape index (κ1) is 21.7. The molecule has 3 atom stereocenters. The summed E-state index contributed by atoms with van der Waals surface area (Å²) in [6.07, 6.45) is 8.38. The first-order chi connectivity index (χ1) is 10.1. The number of alkyl halides is 1. The number of hydrogen-bond acceptors (Lipinski definition) is 0. The maximum Gasteiger partial charge on any atom is 0.109 e. The molecule has 0 aliphatic heterocycles. The summed E-state index contributed by atoms with van der Waals surface area (Å²) in [4.78, 5) is 0. The van der Waals surface area contributed by atoms with E-state index in [0.29, 0.717) is 18.8 Å². The van der Waals surface area contributed by atoms with E-state index in [9.17, 15) is 0 Å². The highest BCUT2D eigenvalue weighted by Gasteiger charge is 2.57. The number of hydrogen-bond donors (Lipinski definition) is 0. The Balaban J connectivity index is 0.00000211. The molecule has 1 rings (SSSR count). The van der Waals surface area contributed by atoms with E-state index >= 15 is 4.39 Å². The van der Waals surface area contributed by atoms with Crippen LogP contribution >= 0.6 is 0 Å². The van der Waals surface area contributed by atoms with Crippen LogP contribution in [0.2, 0.25) is 0 Å². The third-order valence-electron chi connectivity index (χ3n) is 5.42. The van der Waals surface area contributed by atoms with Gasteiger partial charge in [-0.15, -0.1) is 0 Å². The van der Waals surface area contributed by atoms with Crippen LogP contribution in [0, 0.1) is 16.7 Å². The smallest absolute Gasteiger partial charge is 0.109 e. The number of allylic oxidation sites excluding steroid dienone is 2. The van der Waals surface area contributed by atoms with Crippen LogP contribution in [0.15, 0.2) is 11.6 Å². The minimum Gasteiger partial charge on any atom is -0.244 e. The molecule has 0 bridgehead atoms. The van der Waals surface area contributed by atoms with E-state index in [1.807, 2.05) is 20.8 Å². The van der Waals surface area contributed by atoms with Crippen LogP contribution in [0.3, 0.4) is 0 Å². The second kappa shape index (κ2) is 8.50. The summed E-state index contributed by atoms with van der Waals surface area (Å²) in [6.45, 7) is 19.0. The van der Waals surface area contributed by atoms with Crippen LogP contribution in [-0.4, -0.2) is 5.67 Å². The van der Waals surface area contributed by atoms with Crippen molar-refractivity contribution in [1.29, 1.82) is 0 Å². The van der Waals surface area contributed by atoms with Crippen molar-refractivity contribution in [3.8, 4) is 0 Å². The molecule has 1 saturated carbocycles. The zero-order valence-corrected chi connectivity index (χ0v) is 16.8. The molecule has 1 aliphatic carbocycles. The molecule has 0 aromatic heterocycles. The van der Waals surface area contributed by atoms with Crippen LogP contribution in [0.4, 0.5) is 4.39 Å². The van der Waals surface area contributed by atoms with Gasteiger partial charge in [-0.1, -0.05) is 79.4 Å². The summed E-state index contributed by atoms with van der Waals surface area (Å²) in [5.41, 5.74) is 0.675. The molecule has 1 aliphatic rings. The number of unbranched alkanes of at least 4 members (excludes halogenated alkanes) is 1. The average Bonchev–Trinajstić information content (AvgIpc) is 2.98.